The fraction of sp³-hybridized carbons (Fsp3) is 0.174. The van der Waals surface area contributed by atoms with Crippen LogP contribution < -0.4 is 9.47 Å². The number of hydrogen-bond donors (Lipinski definition) is 0. The van der Waals surface area contributed by atoms with Crippen LogP contribution in [-0.4, -0.2) is 33.5 Å². The van der Waals surface area contributed by atoms with Crippen molar-refractivity contribution in [1.29, 1.82) is 0 Å². The van der Waals surface area contributed by atoms with Crippen LogP contribution in [0.2, 0.25) is 10.0 Å². The standard InChI is InChI=1S/C23H18Cl2N4O2/c1-30-22-18(12-16(24)13-19(22)25)23-27-21(10-14-4-7-26-8-5-14)28-29(23)17-2-3-20-15(11-17)6-9-31-20/h2-5,7-8,11-13H,6,9-10H2,1H3. The van der Waals surface area contributed by atoms with Gasteiger partial charge in [0.2, 0.25) is 0 Å². The zero-order valence-corrected chi connectivity index (χ0v) is 18.2. The van der Waals surface area contributed by atoms with Gasteiger partial charge in [0.1, 0.15) is 11.5 Å². The fourth-order valence-electron chi connectivity index (χ4n) is 3.71. The third-order valence-corrected chi connectivity index (χ3v) is 5.63. The van der Waals surface area contributed by atoms with Crippen LogP contribution in [0, 0.1) is 0 Å². The summed E-state index contributed by atoms with van der Waals surface area (Å²) in [6.45, 7) is 0.689. The lowest BCUT2D eigenvalue weighted by Crippen LogP contribution is -2.02. The molecule has 0 fully saturated rings. The molecular formula is C23H18Cl2N4O2. The summed E-state index contributed by atoms with van der Waals surface area (Å²) in [5, 5.41) is 5.72. The first-order valence-electron chi connectivity index (χ1n) is 9.76. The van der Waals surface area contributed by atoms with E-state index in [1.165, 1.54) is 0 Å². The summed E-state index contributed by atoms with van der Waals surface area (Å²) in [5.74, 6) is 2.67. The predicted octanol–water partition coefficient (Wildman–Crippen LogP) is 5.17. The number of halogens is 2. The van der Waals surface area contributed by atoms with Gasteiger partial charge in [-0.25, -0.2) is 9.67 Å². The summed E-state index contributed by atoms with van der Waals surface area (Å²) in [7, 11) is 1.57. The zero-order valence-electron chi connectivity index (χ0n) is 16.7. The first kappa shape index (κ1) is 19.8. The lowest BCUT2D eigenvalue weighted by Gasteiger charge is -2.12. The highest BCUT2D eigenvalue weighted by atomic mass is 35.5. The average Bonchev–Trinajstić information content (AvgIpc) is 3.40. The molecule has 31 heavy (non-hydrogen) atoms. The molecule has 0 saturated heterocycles. The Labute approximate surface area is 189 Å². The zero-order chi connectivity index (χ0) is 21.4. The molecule has 0 saturated carbocycles. The minimum absolute atomic E-state index is 0.414. The maximum absolute atomic E-state index is 6.41. The van der Waals surface area contributed by atoms with Crippen molar-refractivity contribution in [2.45, 2.75) is 12.8 Å². The fourth-order valence-corrected chi connectivity index (χ4v) is 4.28. The molecule has 5 rings (SSSR count). The van der Waals surface area contributed by atoms with Crippen molar-refractivity contribution in [2.24, 2.45) is 0 Å². The van der Waals surface area contributed by atoms with Gasteiger partial charge in [-0.3, -0.25) is 4.98 Å². The Bertz CT molecular complexity index is 1260. The molecular weight excluding hydrogens is 435 g/mol. The Kier molecular flexibility index (Phi) is 5.26. The molecule has 2 aromatic carbocycles. The van der Waals surface area contributed by atoms with Crippen molar-refractivity contribution in [3.05, 3.63) is 81.9 Å². The molecule has 2 aromatic heterocycles. The number of benzene rings is 2. The molecule has 8 heteroatoms. The Morgan fingerprint density at radius 3 is 2.74 bits per heavy atom. The molecule has 0 bridgehead atoms. The minimum atomic E-state index is 0.414. The highest BCUT2D eigenvalue weighted by Gasteiger charge is 2.22. The van der Waals surface area contributed by atoms with Gasteiger partial charge in [-0.1, -0.05) is 23.2 Å². The molecule has 6 nitrogen and oxygen atoms in total. The monoisotopic (exact) mass is 452 g/mol. The number of nitrogens with zero attached hydrogens (tertiary/aromatic N) is 4. The number of pyridine rings is 1. The van der Waals surface area contributed by atoms with Gasteiger partial charge in [0.05, 0.1) is 30.0 Å². The van der Waals surface area contributed by atoms with Gasteiger partial charge in [-0.05, 0) is 53.6 Å². The van der Waals surface area contributed by atoms with E-state index in [-0.39, 0.29) is 0 Å². The summed E-state index contributed by atoms with van der Waals surface area (Å²) in [6.07, 6.45) is 4.94. The van der Waals surface area contributed by atoms with E-state index in [2.05, 4.69) is 11.1 Å². The number of hydrogen-bond acceptors (Lipinski definition) is 5. The van der Waals surface area contributed by atoms with Gasteiger partial charge >= 0.3 is 0 Å². The van der Waals surface area contributed by atoms with E-state index >= 15 is 0 Å². The van der Waals surface area contributed by atoms with Crippen LogP contribution in [0.3, 0.4) is 0 Å². The Morgan fingerprint density at radius 2 is 1.94 bits per heavy atom. The molecule has 1 aliphatic rings. The van der Waals surface area contributed by atoms with Crippen molar-refractivity contribution >= 4 is 23.2 Å². The summed E-state index contributed by atoms with van der Waals surface area (Å²) in [6, 6.07) is 13.4. The molecule has 0 radical (unpaired) electrons. The normalized spacial score (nSPS) is 12.5. The van der Waals surface area contributed by atoms with Gasteiger partial charge in [0, 0.05) is 30.3 Å². The molecule has 1 aliphatic heterocycles. The molecule has 4 aromatic rings. The van der Waals surface area contributed by atoms with Crippen molar-refractivity contribution in [3.63, 3.8) is 0 Å². The Morgan fingerprint density at radius 1 is 1.10 bits per heavy atom. The summed E-state index contributed by atoms with van der Waals surface area (Å²) in [5.41, 5.74) is 3.76. The van der Waals surface area contributed by atoms with Crippen molar-refractivity contribution in [1.82, 2.24) is 19.7 Å². The third-order valence-electron chi connectivity index (χ3n) is 5.13. The second kappa shape index (κ2) is 8.21. The van der Waals surface area contributed by atoms with Gasteiger partial charge in [0.25, 0.3) is 0 Å². The van der Waals surface area contributed by atoms with E-state index in [1.54, 1.807) is 36.3 Å². The lowest BCUT2D eigenvalue weighted by molar-refractivity contribution is 0.357. The van der Waals surface area contributed by atoms with Gasteiger partial charge in [0.15, 0.2) is 11.6 Å². The number of fused-ring (bicyclic) bond motifs is 1. The van der Waals surface area contributed by atoms with Crippen LogP contribution in [0.4, 0.5) is 0 Å². The quantitative estimate of drug-likeness (QED) is 0.417. The molecule has 0 amide bonds. The third kappa shape index (κ3) is 3.84. The smallest absolute Gasteiger partial charge is 0.167 e. The van der Waals surface area contributed by atoms with E-state index in [0.29, 0.717) is 46.0 Å². The maximum Gasteiger partial charge on any atom is 0.167 e. The van der Waals surface area contributed by atoms with Crippen LogP contribution >= 0.6 is 23.2 Å². The van der Waals surface area contributed by atoms with E-state index in [0.717, 1.165) is 29.0 Å². The number of aromatic nitrogens is 4. The number of ether oxygens (including phenoxy) is 2. The van der Waals surface area contributed by atoms with Crippen LogP contribution in [-0.2, 0) is 12.8 Å². The van der Waals surface area contributed by atoms with E-state index < -0.39 is 0 Å². The topological polar surface area (TPSA) is 62.1 Å². The predicted molar refractivity (Wildman–Crippen MR) is 120 cm³/mol. The van der Waals surface area contributed by atoms with Crippen molar-refractivity contribution < 1.29 is 9.47 Å². The first-order chi connectivity index (χ1) is 15.1. The summed E-state index contributed by atoms with van der Waals surface area (Å²) >= 11 is 12.7. The SMILES string of the molecule is COc1c(Cl)cc(Cl)cc1-c1nc(Cc2ccncc2)nn1-c1ccc2c(c1)CCO2. The highest BCUT2D eigenvalue weighted by molar-refractivity contribution is 6.36. The molecule has 0 aliphatic carbocycles. The van der Waals surface area contributed by atoms with Gasteiger partial charge < -0.3 is 9.47 Å². The van der Waals surface area contributed by atoms with E-state index in [1.807, 2.05) is 24.3 Å². The van der Waals surface area contributed by atoms with Crippen LogP contribution in [0.15, 0.2) is 54.9 Å². The molecule has 0 N–H and O–H groups in total. The maximum atomic E-state index is 6.41. The molecule has 0 unspecified atom stereocenters. The van der Waals surface area contributed by atoms with Gasteiger partial charge in [-0.15, -0.1) is 0 Å². The molecule has 3 heterocycles. The van der Waals surface area contributed by atoms with Crippen molar-refractivity contribution in [3.8, 4) is 28.6 Å². The largest absolute Gasteiger partial charge is 0.494 e. The van der Waals surface area contributed by atoms with Gasteiger partial charge in [-0.2, -0.15) is 5.10 Å². The molecule has 0 atom stereocenters. The Hall–Kier alpha value is -3.09. The van der Waals surface area contributed by atoms with E-state index in [4.69, 9.17) is 42.8 Å². The highest BCUT2D eigenvalue weighted by Crippen LogP contribution is 2.39. The second-order valence-electron chi connectivity index (χ2n) is 7.15. The number of methoxy groups -OCH3 is 1. The second-order valence-corrected chi connectivity index (χ2v) is 8.00. The molecule has 0 spiro atoms. The van der Waals surface area contributed by atoms with Crippen LogP contribution in [0.1, 0.15) is 17.0 Å². The van der Waals surface area contributed by atoms with Crippen LogP contribution in [0.25, 0.3) is 17.1 Å². The summed E-state index contributed by atoms with van der Waals surface area (Å²) < 4.78 is 13.0. The Balaban J connectivity index is 1.68. The average molecular weight is 453 g/mol. The van der Waals surface area contributed by atoms with Crippen LogP contribution in [0.5, 0.6) is 11.5 Å². The molecule has 156 valence electrons. The first-order valence-corrected chi connectivity index (χ1v) is 10.5. The minimum Gasteiger partial charge on any atom is -0.494 e. The lowest BCUT2D eigenvalue weighted by atomic mass is 10.1. The summed E-state index contributed by atoms with van der Waals surface area (Å²) in [4.78, 5) is 8.92. The number of rotatable bonds is 5. The van der Waals surface area contributed by atoms with E-state index in [9.17, 15) is 0 Å². The van der Waals surface area contributed by atoms with Crippen molar-refractivity contribution in [2.75, 3.05) is 13.7 Å².